The van der Waals surface area contributed by atoms with Crippen molar-refractivity contribution in [2.75, 3.05) is 19.7 Å². The molecule has 1 saturated heterocycles. The van der Waals surface area contributed by atoms with Gasteiger partial charge in [0.2, 0.25) is 0 Å². The largest absolute Gasteiger partial charge is 0.396 e. The van der Waals surface area contributed by atoms with Gasteiger partial charge in [0.25, 0.3) is 5.69 Å². The average Bonchev–Trinajstić information content (AvgIpc) is 2.39. The van der Waals surface area contributed by atoms with E-state index in [0.717, 1.165) is 38.0 Å². The highest BCUT2D eigenvalue weighted by molar-refractivity contribution is 5.32. The van der Waals surface area contributed by atoms with Gasteiger partial charge in [-0.25, -0.2) is 0 Å². The number of aliphatic hydroxyl groups excluding tert-OH is 1. The number of rotatable bonds is 4. The fourth-order valence-corrected chi connectivity index (χ4v) is 2.43. The molecular weight excluding hydrogens is 232 g/mol. The lowest BCUT2D eigenvalue weighted by atomic mass is 9.98. The molecule has 5 nitrogen and oxygen atoms in total. The summed E-state index contributed by atoms with van der Waals surface area (Å²) in [7, 11) is 0. The fourth-order valence-electron chi connectivity index (χ4n) is 2.43. The second kappa shape index (κ2) is 5.93. The van der Waals surface area contributed by atoms with Crippen LogP contribution in [-0.2, 0) is 6.54 Å². The van der Waals surface area contributed by atoms with Gasteiger partial charge in [-0.05, 0) is 30.9 Å². The Balaban J connectivity index is 1.94. The van der Waals surface area contributed by atoms with Crippen LogP contribution >= 0.6 is 0 Å². The second-order valence-electron chi connectivity index (χ2n) is 4.85. The first-order chi connectivity index (χ1) is 8.69. The Morgan fingerprint density at radius 2 is 2.11 bits per heavy atom. The number of hydrogen-bond acceptors (Lipinski definition) is 4. The molecule has 0 bridgehead atoms. The molecule has 98 valence electrons. The Bertz CT molecular complexity index is 405. The van der Waals surface area contributed by atoms with Gasteiger partial charge in [-0.1, -0.05) is 12.1 Å². The van der Waals surface area contributed by atoms with Crippen LogP contribution < -0.4 is 0 Å². The van der Waals surface area contributed by atoms with Crippen molar-refractivity contribution in [3.05, 3.63) is 39.9 Å². The van der Waals surface area contributed by atoms with Crippen LogP contribution in [0.25, 0.3) is 0 Å². The van der Waals surface area contributed by atoms with Gasteiger partial charge in [0.1, 0.15) is 0 Å². The highest BCUT2D eigenvalue weighted by Crippen LogP contribution is 2.19. The smallest absolute Gasteiger partial charge is 0.269 e. The molecule has 0 radical (unpaired) electrons. The van der Waals surface area contributed by atoms with Gasteiger partial charge in [-0.3, -0.25) is 15.0 Å². The van der Waals surface area contributed by atoms with Gasteiger partial charge in [0.15, 0.2) is 0 Å². The Labute approximate surface area is 106 Å². The molecule has 1 aliphatic rings. The molecule has 1 N–H and O–H groups in total. The molecule has 0 saturated carbocycles. The van der Waals surface area contributed by atoms with Crippen LogP contribution in [0.15, 0.2) is 24.3 Å². The summed E-state index contributed by atoms with van der Waals surface area (Å²) in [6.07, 6.45) is 2.20. The maximum atomic E-state index is 10.6. The highest BCUT2D eigenvalue weighted by Gasteiger charge is 2.19. The van der Waals surface area contributed by atoms with E-state index < -0.39 is 0 Å². The molecule has 2 rings (SSSR count). The summed E-state index contributed by atoms with van der Waals surface area (Å²) in [5.41, 5.74) is 1.21. The number of nitro benzene ring substituents is 1. The summed E-state index contributed by atoms with van der Waals surface area (Å²) < 4.78 is 0. The second-order valence-corrected chi connectivity index (χ2v) is 4.85. The minimum Gasteiger partial charge on any atom is -0.396 e. The molecule has 1 aromatic carbocycles. The molecular formula is C13H18N2O3. The van der Waals surface area contributed by atoms with Crippen LogP contribution in [0.3, 0.4) is 0 Å². The number of nitro groups is 1. The van der Waals surface area contributed by atoms with Crippen molar-refractivity contribution in [2.24, 2.45) is 5.92 Å². The number of hydrogen-bond donors (Lipinski definition) is 1. The predicted molar refractivity (Wildman–Crippen MR) is 68.2 cm³/mol. The average molecular weight is 250 g/mol. The number of aliphatic hydroxyl groups is 1. The molecule has 1 heterocycles. The molecule has 5 heteroatoms. The van der Waals surface area contributed by atoms with E-state index in [1.165, 1.54) is 0 Å². The van der Waals surface area contributed by atoms with Gasteiger partial charge in [-0.15, -0.1) is 0 Å². The minimum atomic E-state index is -0.382. The third kappa shape index (κ3) is 3.27. The normalized spacial score (nSPS) is 20.8. The topological polar surface area (TPSA) is 66.6 Å². The van der Waals surface area contributed by atoms with E-state index in [1.807, 2.05) is 0 Å². The van der Waals surface area contributed by atoms with E-state index in [9.17, 15) is 15.2 Å². The Morgan fingerprint density at radius 1 is 1.39 bits per heavy atom. The highest BCUT2D eigenvalue weighted by atomic mass is 16.6. The number of piperidine rings is 1. The standard InChI is InChI=1S/C13H18N2O3/c16-10-12-2-1-7-14(9-12)8-11-3-5-13(6-4-11)15(17)18/h3-6,12,16H,1-2,7-10H2/t12-/m1/s1. The lowest BCUT2D eigenvalue weighted by Crippen LogP contribution is -2.36. The Morgan fingerprint density at radius 3 is 2.72 bits per heavy atom. The monoisotopic (exact) mass is 250 g/mol. The maximum absolute atomic E-state index is 10.6. The van der Waals surface area contributed by atoms with Crippen molar-refractivity contribution in [3.63, 3.8) is 0 Å². The van der Waals surface area contributed by atoms with Crippen LogP contribution in [0.4, 0.5) is 5.69 Å². The fraction of sp³-hybridized carbons (Fsp3) is 0.538. The van der Waals surface area contributed by atoms with Crippen LogP contribution in [0.1, 0.15) is 18.4 Å². The molecule has 0 amide bonds. The summed E-state index contributed by atoms with van der Waals surface area (Å²) in [5.74, 6) is 0.372. The van der Waals surface area contributed by atoms with Crippen LogP contribution in [0.5, 0.6) is 0 Å². The molecule has 1 aliphatic heterocycles. The van der Waals surface area contributed by atoms with Crippen molar-refractivity contribution in [1.29, 1.82) is 0 Å². The van der Waals surface area contributed by atoms with E-state index in [0.29, 0.717) is 5.92 Å². The lowest BCUT2D eigenvalue weighted by molar-refractivity contribution is -0.384. The third-order valence-corrected chi connectivity index (χ3v) is 3.41. The zero-order valence-electron chi connectivity index (χ0n) is 10.3. The van der Waals surface area contributed by atoms with Crippen molar-refractivity contribution in [1.82, 2.24) is 4.90 Å². The van der Waals surface area contributed by atoms with Crippen LogP contribution in [-0.4, -0.2) is 34.6 Å². The number of likely N-dealkylation sites (tertiary alicyclic amines) is 1. The van der Waals surface area contributed by atoms with Gasteiger partial charge in [0, 0.05) is 31.8 Å². The van der Waals surface area contributed by atoms with Crippen molar-refractivity contribution < 1.29 is 10.0 Å². The first-order valence-corrected chi connectivity index (χ1v) is 6.25. The summed E-state index contributed by atoms with van der Waals surface area (Å²) in [6.45, 7) is 2.99. The molecule has 1 fully saturated rings. The van der Waals surface area contributed by atoms with E-state index >= 15 is 0 Å². The van der Waals surface area contributed by atoms with E-state index in [2.05, 4.69) is 4.90 Å². The summed E-state index contributed by atoms with van der Waals surface area (Å²) >= 11 is 0. The molecule has 18 heavy (non-hydrogen) atoms. The Kier molecular flexibility index (Phi) is 4.28. The number of nitrogens with zero attached hydrogens (tertiary/aromatic N) is 2. The summed E-state index contributed by atoms with van der Waals surface area (Å²) in [5, 5.41) is 19.7. The molecule has 1 atom stereocenters. The number of non-ortho nitro benzene ring substituents is 1. The SMILES string of the molecule is O=[N+]([O-])c1ccc(CN2CCC[C@@H](CO)C2)cc1. The van der Waals surface area contributed by atoms with Gasteiger partial charge in [0.05, 0.1) is 4.92 Å². The zero-order valence-corrected chi connectivity index (χ0v) is 10.3. The van der Waals surface area contributed by atoms with Crippen LogP contribution in [0, 0.1) is 16.0 Å². The molecule has 1 aromatic rings. The van der Waals surface area contributed by atoms with Crippen molar-refractivity contribution in [3.8, 4) is 0 Å². The molecule has 0 aliphatic carbocycles. The first-order valence-electron chi connectivity index (χ1n) is 6.25. The van der Waals surface area contributed by atoms with Crippen molar-refractivity contribution >= 4 is 5.69 Å². The predicted octanol–water partition coefficient (Wildman–Crippen LogP) is 1.80. The maximum Gasteiger partial charge on any atom is 0.269 e. The quantitative estimate of drug-likeness (QED) is 0.653. The van der Waals surface area contributed by atoms with Crippen molar-refractivity contribution in [2.45, 2.75) is 19.4 Å². The third-order valence-electron chi connectivity index (χ3n) is 3.41. The molecule has 0 aromatic heterocycles. The lowest BCUT2D eigenvalue weighted by Gasteiger charge is -2.31. The summed E-state index contributed by atoms with van der Waals surface area (Å²) in [4.78, 5) is 12.5. The van der Waals surface area contributed by atoms with Gasteiger partial charge >= 0.3 is 0 Å². The molecule has 0 spiro atoms. The molecule has 0 unspecified atom stereocenters. The summed E-state index contributed by atoms with van der Waals surface area (Å²) in [6, 6.07) is 6.70. The van der Waals surface area contributed by atoms with E-state index in [1.54, 1.807) is 24.3 Å². The zero-order chi connectivity index (χ0) is 13.0. The van der Waals surface area contributed by atoms with Gasteiger partial charge < -0.3 is 5.11 Å². The van der Waals surface area contributed by atoms with E-state index in [4.69, 9.17) is 0 Å². The van der Waals surface area contributed by atoms with Crippen LogP contribution in [0.2, 0.25) is 0 Å². The first kappa shape index (κ1) is 13.0. The Hall–Kier alpha value is -1.46. The van der Waals surface area contributed by atoms with Gasteiger partial charge in [-0.2, -0.15) is 0 Å². The number of benzene rings is 1. The minimum absolute atomic E-state index is 0.130. The van der Waals surface area contributed by atoms with E-state index in [-0.39, 0.29) is 17.2 Å².